The minimum absolute atomic E-state index is 0.398. The Morgan fingerprint density at radius 3 is 2.83 bits per heavy atom. The molecule has 3 heteroatoms. The number of nitrogens with one attached hydrogen (secondary N) is 1. The molecule has 0 spiro atoms. The number of aromatic nitrogens is 1. The maximum absolute atomic E-state index is 12.4. The fourth-order valence-electron chi connectivity index (χ4n) is 1.35. The first-order valence-electron chi connectivity index (χ1n) is 4.16. The SMILES string of the molecule is Fc1ccc(CC2CNC2)cn1. The summed E-state index contributed by atoms with van der Waals surface area (Å²) in [7, 11) is 0. The van der Waals surface area contributed by atoms with Crippen molar-refractivity contribution in [3.63, 3.8) is 0 Å². The van der Waals surface area contributed by atoms with Crippen LogP contribution in [0.4, 0.5) is 4.39 Å². The Morgan fingerprint density at radius 1 is 1.50 bits per heavy atom. The molecule has 1 aromatic rings. The van der Waals surface area contributed by atoms with E-state index in [1.165, 1.54) is 6.07 Å². The van der Waals surface area contributed by atoms with Gasteiger partial charge in [0.05, 0.1) is 0 Å². The van der Waals surface area contributed by atoms with Crippen molar-refractivity contribution in [1.82, 2.24) is 10.3 Å². The molecule has 0 bridgehead atoms. The van der Waals surface area contributed by atoms with E-state index < -0.39 is 5.95 Å². The van der Waals surface area contributed by atoms with Crippen molar-refractivity contribution in [3.05, 3.63) is 29.8 Å². The number of pyridine rings is 1. The van der Waals surface area contributed by atoms with Gasteiger partial charge in [-0.25, -0.2) is 4.98 Å². The highest BCUT2D eigenvalue weighted by atomic mass is 19.1. The highest BCUT2D eigenvalue weighted by molar-refractivity contribution is 5.11. The molecule has 0 radical (unpaired) electrons. The quantitative estimate of drug-likeness (QED) is 0.662. The van der Waals surface area contributed by atoms with E-state index in [-0.39, 0.29) is 0 Å². The second kappa shape index (κ2) is 3.19. The maximum atomic E-state index is 12.4. The van der Waals surface area contributed by atoms with Crippen molar-refractivity contribution in [3.8, 4) is 0 Å². The van der Waals surface area contributed by atoms with Crippen LogP contribution in [0.1, 0.15) is 5.56 Å². The van der Waals surface area contributed by atoms with Crippen molar-refractivity contribution in [1.29, 1.82) is 0 Å². The molecule has 0 saturated carbocycles. The standard InChI is InChI=1S/C9H11FN2/c10-9-2-1-7(6-12-9)3-8-4-11-5-8/h1-2,6,8,11H,3-5H2. The van der Waals surface area contributed by atoms with Gasteiger partial charge in [0.25, 0.3) is 0 Å². The Kier molecular flexibility index (Phi) is 2.04. The van der Waals surface area contributed by atoms with Crippen LogP contribution in [0.5, 0.6) is 0 Å². The Balaban J connectivity index is 1.98. The van der Waals surface area contributed by atoms with E-state index in [0.717, 1.165) is 31.0 Å². The second-order valence-corrected chi connectivity index (χ2v) is 3.22. The normalized spacial score (nSPS) is 17.4. The molecule has 1 aliphatic heterocycles. The van der Waals surface area contributed by atoms with Crippen LogP contribution >= 0.6 is 0 Å². The van der Waals surface area contributed by atoms with Gasteiger partial charge in [0.1, 0.15) is 0 Å². The Hall–Kier alpha value is -0.960. The summed E-state index contributed by atoms with van der Waals surface area (Å²) < 4.78 is 12.4. The lowest BCUT2D eigenvalue weighted by Crippen LogP contribution is -2.43. The highest BCUT2D eigenvalue weighted by Crippen LogP contribution is 2.11. The summed E-state index contributed by atoms with van der Waals surface area (Å²) in [6, 6.07) is 3.22. The van der Waals surface area contributed by atoms with Gasteiger partial charge < -0.3 is 5.32 Å². The first-order valence-corrected chi connectivity index (χ1v) is 4.16. The zero-order chi connectivity index (χ0) is 8.39. The van der Waals surface area contributed by atoms with E-state index >= 15 is 0 Å². The predicted molar refractivity (Wildman–Crippen MR) is 44.3 cm³/mol. The topological polar surface area (TPSA) is 24.9 Å². The van der Waals surface area contributed by atoms with Crippen LogP contribution in [-0.2, 0) is 6.42 Å². The Bertz CT molecular complexity index is 254. The number of hydrogen-bond acceptors (Lipinski definition) is 2. The molecule has 1 saturated heterocycles. The molecular weight excluding hydrogens is 155 g/mol. The monoisotopic (exact) mass is 166 g/mol. The van der Waals surface area contributed by atoms with Crippen LogP contribution in [-0.4, -0.2) is 18.1 Å². The Labute approximate surface area is 70.8 Å². The molecule has 0 amide bonds. The average molecular weight is 166 g/mol. The number of hydrogen-bond donors (Lipinski definition) is 1. The zero-order valence-electron chi connectivity index (χ0n) is 6.76. The van der Waals surface area contributed by atoms with Gasteiger partial charge in [-0.1, -0.05) is 6.07 Å². The van der Waals surface area contributed by atoms with Crippen molar-refractivity contribution in [2.24, 2.45) is 5.92 Å². The van der Waals surface area contributed by atoms with Crippen LogP contribution in [0.15, 0.2) is 18.3 Å². The average Bonchev–Trinajstić information content (AvgIpc) is 2.00. The van der Waals surface area contributed by atoms with Gasteiger partial charge in [0, 0.05) is 6.20 Å². The van der Waals surface area contributed by atoms with Crippen LogP contribution in [0.2, 0.25) is 0 Å². The van der Waals surface area contributed by atoms with Gasteiger partial charge in [0.2, 0.25) is 5.95 Å². The summed E-state index contributed by atoms with van der Waals surface area (Å²) in [5, 5.41) is 3.20. The smallest absolute Gasteiger partial charge is 0.212 e. The second-order valence-electron chi connectivity index (χ2n) is 3.22. The minimum atomic E-state index is -0.398. The number of rotatable bonds is 2. The highest BCUT2D eigenvalue weighted by Gasteiger charge is 2.16. The fraction of sp³-hybridized carbons (Fsp3) is 0.444. The summed E-state index contributed by atoms with van der Waals surface area (Å²) in [5.41, 5.74) is 1.13. The number of halogens is 1. The van der Waals surface area contributed by atoms with Crippen LogP contribution in [0, 0.1) is 11.9 Å². The van der Waals surface area contributed by atoms with Crippen molar-refractivity contribution in [2.75, 3.05) is 13.1 Å². The van der Waals surface area contributed by atoms with Gasteiger partial charge in [-0.15, -0.1) is 0 Å². The molecule has 1 fully saturated rings. The van der Waals surface area contributed by atoms with Gasteiger partial charge in [-0.2, -0.15) is 4.39 Å². The molecule has 0 aliphatic carbocycles. The summed E-state index contributed by atoms with van der Waals surface area (Å²) in [6.45, 7) is 2.16. The van der Waals surface area contributed by atoms with E-state index in [1.807, 2.05) is 0 Å². The molecule has 0 atom stereocenters. The van der Waals surface area contributed by atoms with Gasteiger partial charge >= 0.3 is 0 Å². The first kappa shape index (κ1) is 7.68. The fourth-order valence-corrected chi connectivity index (χ4v) is 1.35. The molecule has 64 valence electrons. The third kappa shape index (κ3) is 1.61. The molecule has 1 aliphatic rings. The van der Waals surface area contributed by atoms with Crippen molar-refractivity contribution in [2.45, 2.75) is 6.42 Å². The molecule has 2 heterocycles. The molecule has 2 rings (SSSR count). The molecule has 12 heavy (non-hydrogen) atoms. The summed E-state index contributed by atoms with van der Waals surface area (Å²) in [4.78, 5) is 3.60. The van der Waals surface area contributed by atoms with Gasteiger partial charge in [-0.3, -0.25) is 0 Å². The molecule has 0 aromatic carbocycles. The van der Waals surface area contributed by atoms with E-state index in [0.29, 0.717) is 0 Å². The lowest BCUT2D eigenvalue weighted by Gasteiger charge is -2.26. The van der Waals surface area contributed by atoms with E-state index in [4.69, 9.17) is 0 Å². The predicted octanol–water partition coefficient (Wildman–Crippen LogP) is 0.983. The Morgan fingerprint density at radius 2 is 2.33 bits per heavy atom. The minimum Gasteiger partial charge on any atom is -0.316 e. The molecule has 2 nitrogen and oxygen atoms in total. The van der Waals surface area contributed by atoms with E-state index in [9.17, 15) is 4.39 Å². The third-order valence-electron chi connectivity index (χ3n) is 2.18. The molecule has 1 N–H and O–H groups in total. The maximum Gasteiger partial charge on any atom is 0.212 e. The van der Waals surface area contributed by atoms with Crippen LogP contribution in [0.3, 0.4) is 0 Å². The summed E-state index contributed by atoms with van der Waals surface area (Å²) in [6.07, 6.45) is 2.63. The lowest BCUT2D eigenvalue weighted by molar-refractivity contribution is 0.346. The number of nitrogens with zero attached hydrogens (tertiary/aromatic N) is 1. The van der Waals surface area contributed by atoms with Gasteiger partial charge in [0.15, 0.2) is 0 Å². The zero-order valence-corrected chi connectivity index (χ0v) is 6.76. The third-order valence-corrected chi connectivity index (χ3v) is 2.18. The lowest BCUT2D eigenvalue weighted by atomic mass is 9.95. The van der Waals surface area contributed by atoms with Crippen LogP contribution < -0.4 is 5.32 Å². The van der Waals surface area contributed by atoms with E-state index in [1.54, 1.807) is 12.3 Å². The van der Waals surface area contributed by atoms with Gasteiger partial charge in [-0.05, 0) is 37.1 Å². The van der Waals surface area contributed by atoms with Crippen LogP contribution in [0.25, 0.3) is 0 Å². The first-order chi connectivity index (χ1) is 5.84. The molecule has 0 unspecified atom stereocenters. The molecule has 1 aromatic heterocycles. The molecular formula is C9H11FN2. The van der Waals surface area contributed by atoms with Crippen molar-refractivity contribution < 1.29 is 4.39 Å². The summed E-state index contributed by atoms with van der Waals surface area (Å²) in [5.74, 6) is 0.322. The summed E-state index contributed by atoms with van der Waals surface area (Å²) >= 11 is 0. The largest absolute Gasteiger partial charge is 0.316 e. The van der Waals surface area contributed by atoms with E-state index in [2.05, 4.69) is 10.3 Å². The van der Waals surface area contributed by atoms with Crippen molar-refractivity contribution >= 4 is 0 Å².